The third-order valence-electron chi connectivity index (χ3n) is 3.89. The summed E-state index contributed by atoms with van der Waals surface area (Å²) in [5, 5.41) is 5.19. The van der Waals surface area contributed by atoms with Crippen molar-refractivity contribution in [3.05, 3.63) is 65.5 Å². The lowest BCUT2D eigenvalue weighted by molar-refractivity contribution is -0.130. The van der Waals surface area contributed by atoms with Crippen molar-refractivity contribution in [2.24, 2.45) is 0 Å². The molecule has 0 aliphatic carbocycles. The molecule has 0 aromatic heterocycles. The number of nitrogens with one attached hydrogen (secondary N) is 2. The highest BCUT2D eigenvalue weighted by molar-refractivity contribution is 5.84. The number of benzene rings is 2. The van der Waals surface area contributed by atoms with Gasteiger partial charge in [-0.3, -0.25) is 4.79 Å². The number of likely N-dealkylation sites (N-methyl/N-ethyl adjacent to an activating group) is 1. The SMILES string of the molecule is CCN(Cc1ccccc1F)C(=O)CNC(=O)NCc1ccc(N)cc1. The van der Waals surface area contributed by atoms with Gasteiger partial charge in [0.25, 0.3) is 0 Å². The van der Waals surface area contributed by atoms with Crippen LogP contribution in [0.3, 0.4) is 0 Å². The molecule has 0 aliphatic heterocycles. The van der Waals surface area contributed by atoms with E-state index in [0.29, 0.717) is 24.3 Å². The van der Waals surface area contributed by atoms with E-state index in [1.807, 2.05) is 12.1 Å². The van der Waals surface area contributed by atoms with Gasteiger partial charge in [-0.25, -0.2) is 9.18 Å². The van der Waals surface area contributed by atoms with Crippen molar-refractivity contribution in [3.63, 3.8) is 0 Å². The molecule has 0 fully saturated rings. The smallest absolute Gasteiger partial charge is 0.315 e. The Morgan fingerprint density at radius 1 is 1.08 bits per heavy atom. The molecule has 2 aromatic rings. The second-order valence-electron chi connectivity index (χ2n) is 5.78. The molecule has 26 heavy (non-hydrogen) atoms. The molecule has 2 aromatic carbocycles. The number of nitrogen functional groups attached to an aromatic ring is 1. The van der Waals surface area contributed by atoms with Crippen molar-refractivity contribution < 1.29 is 14.0 Å². The lowest BCUT2D eigenvalue weighted by Gasteiger charge is -2.21. The zero-order valence-corrected chi connectivity index (χ0v) is 14.7. The summed E-state index contributed by atoms with van der Waals surface area (Å²) in [5.74, 6) is -0.633. The fraction of sp³-hybridized carbons (Fsp3) is 0.263. The van der Waals surface area contributed by atoms with Crippen LogP contribution < -0.4 is 16.4 Å². The largest absolute Gasteiger partial charge is 0.399 e. The van der Waals surface area contributed by atoms with Gasteiger partial charge in [0.05, 0.1) is 6.54 Å². The first-order chi connectivity index (χ1) is 12.5. The Hall–Kier alpha value is -3.09. The summed E-state index contributed by atoms with van der Waals surface area (Å²) in [6.45, 7) is 2.56. The van der Waals surface area contributed by atoms with Crippen molar-refractivity contribution >= 4 is 17.6 Å². The van der Waals surface area contributed by atoms with E-state index in [0.717, 1.165) is 5.56 Å². The first kappa shape index (κ1) is 19.2. The number of urea groups is 1. The zero-order valence-electron chi connectivity index (χ0n) is 14.7. The van der Waals surface area contributed by atoms with Crippen LogP contribution in [0, 0.1) is 5.82 Å². The second kappa shape index (κ2) is 9.41. The van der Waals surface area contributed by atoms with E-state index in [4.69, 9.17) is 5.73 Å². The number of hydrogen-bond donors (Lipinski definition) is 3. The highest BCUT2D eigenvalue weighted by Gasteiger charge is 2.15. The maximum Gasteiger partial charge on any atom is 0.315 e. The lowest BCUT2D eigenvalue weighted by atomic mass is 10.2. The van der Waals surface area contributed by atoms with Crippen LogP contribution in [0.5, 0.6) is 0 Å². The molecule has 0 saturated carbocycles. The molecule has 7 heteroatoms. The summed E-state index contributed by atoms with van der Waals surface area (Å²) >= 11 is 0. The van der Waals surface area contributed by atoms with E-state index in [2.05, 4.69) is 10.6 Å². The van der Waals surface area contributed by atoms with E-state index in [9.17, 15) is 14.0 Å². The number of rotatable bonds is 7. The summed E-state index contributed by atoms with van der Waals surface area (Å²) in [6.07, 6.45) is 0. The van der Waals surface area contributed by atoms with Crippen molar-refractivity contribution in [2.45, 2.75) is 20.0 Å². The third-order valence-corrected chi connectivity index (χ3v) is 3.89. The molecule has 0 atom stereocenters. The number of hydrogen-bond acceptors (Lipinski definition) is 3. The highest BCUT2D eigenvalue weighted by Crippen LogP contribution is 2.10. The van der Waals surface area contributed by atoms with E-state index in [1.54, 1.807) is 37.3 Å². The molecular weight excluding hydrogens is 335 g/mol. The number of nitrogens with zero attached hydrogens (tertiary/aromatic N) is 1. The van der Waals surface area contributed by atoms with Crippen LogP contribution in [0.4, 0.5) is 14.9 Å². The molecule has 0 aliphatic rings. The van der Waals surface area contributed by atoms with Crippen LogP contribution in [-0.2, 0) is 17.9 Å². The minimum absolute atomic E-state index is 0.157. The summed E-state index contributed by atoms with van der Waals surface area (Å²) in [6, 6.07) is 13.0. The molecule has 0 heterocycles. The molecule has 0 radical (unpaired) electrons. The molecule has 3 amide bonds. The fourth-order valence-corrected chi connectivity index (χ4v) is 2.36. The molecular formula is C19H23FN4O2. The van der Waals surface area contributed by atoms with Gasteiger partial charge in [-0.15, -0.1) is 0 Å². The highest BCUT2D eigenvalue weighted by atomic mass is 19.1. The fourth-order valence-electron chi connectivity index (χ4n) is 2.36. The molecule has 4 N–H and O–H groups in total. The summed E-state index contributed by atoms with van der Waals surface area (Å²) in [5.41, 5.74) is 7.59. The Morgan fingerprint density at radius 3 is 2.42 bits per heavy atom. The van der Waals surface area contributed by atoms with Gasteiger partial charge in [-0.1, -0.05) is 30.3 Å². The predicted molar refractivity (Wildman–Crippen MR) is 98.6 cm³/mol. The molecule has 2 rings (SSSR count). The van der Waals surface area contributed by atoms with Gasteiger partial charge >= 0.3 is 6.03 Å². The Kier molecular flexibility index (Phi) is 6.96. The number of halogens is 1. The van der Waals surface area contributed by atoms with Gasteiger partial charge in [0, 0.05) is 30.9 Å². The second-order valence-corrected chi connectivity index (χ2v) is 5.78. The maximum absolute atomic E-state index is 13.7. The Labute approximate surface area is 152 Å². The summed E-state index contributed by atoms with van der Waals surface area (Å²) < 4.78 is 13.7. The monoisotopic (exact) mass is 358 g/mol. The van der Waals surface area contributed by atoms with Crippen LogP contribution in [0.1, 0.15) is 18.1 Å². The zero-order chi connectivity index (χ0) is 18.9. The minimum atomic E-state index is -0.447. The van der Waals surface area contributed by atoms with Gasteiger partial charge in [-0.2, -0.15) is 0 Å². The van der Waals surface area contributed by atoms with Gasteiger partial charge in [0.1, 0.15) is 5.82 Å². The number of anilines is 1. The van der Waals surface area contributed by atoms with Crippen LogP contribution in [0.2, 0.25) is 0 Å². The molecule has 0 spiro atoms. The molecule has 0 saturated heterocycles. The van der Waals surface area contributed by atoms with Crippen LogP contribution >= 0.6 is 0 Å². The number of amides is 3. The normalized spacial score (nSPS) is 10.2. The van der Waals surface area contributed by atoms with Gasteiger partial charge in [0.2, 0.25) is 5.91 Å². The van der Waals surface area contributed by atoms with Crippen LogP contribution in [0.25, 0.3) is 0 Å². The van der Waals surface area contributed by atoms with Crippen LogP contribution in [0.15, 0.2) is 48.5 Å². The predicted octanol–water partition coefficient (Wildman–Crippen LogP) is 2.26. The van der Waals surface area contributed by atoms with Crippen molar-refractivity contribution in [3.8, 4) is 0 Å². The third kappa shape index (κ3) is 5.77. The molecule has 138 valence electrons. The van der Waals surface area contributed by atoms with Gasteiger partial charge in [-0.05, 0) is 30.7 Å². The Morgan fingerprint density at radius 2 is 1.77 bits per heavy atom. The number of nitrogens with two attached hydrogens (primary N) is 1. The first-order valence-electron chi connectivity index (χ1n) is 8.37. The minimum Gasteiger partial charge on any atom is -0.399 e. The molecule has 6 nitrogen and oxygen atoms in total. The first-order valence-corrected chi connectivity index (χ1v) is 8.37. The standard InChI is InChI=1S/C19H23FN4O2/c1-2-24(13-15-5-3-4-6-17(15)20)18(25)12-23-19(26)22-11-14-7-9-16(21)10-8-14/h3-10H,2,11-13,21H2,1H3,(H2,22,23,26). The quantitative estimate of drug-likeness (QED) is 0.664. The van der Waals surface area contributed by atoms with E-state index in [-0.39, 0.29) is 24.8 Å². The van der Waals surface area contributed by atoms with Gasteiger partial charge in [0.15, 0.2) is 0 Å². The van der Waals surface area contributed by atoms with E-state index in [1.165, 1.54) is 11.0 Å². The Balaban J connectivity index is 1.79. The van der Waals surface area contributed by atoms with Crippen LogP contribution in [-0.4, -0.2) is 29.9 Å². The van der Waals surface area contributed by atoms with Crippen molar-refractivity contribution in [2.75, 3.05) is 18.8 Å². The Bertz CT molecular complexity index is 749. The average molecular weight is 358 g/mol. The number of carbonyl (C=O) groups is 2. The average Bonchev–Trinajstić information content (AvgIpc) is 2.65. The summed E-state index contributed by atoms with van der Waals surface area (Å²) in [4.78, 5) is 25.6. The van der Waals surface area contributed by atoms with Crippen molar-refractivity contribution in [1.29, 1.82) is 0 Å². The molecule has 0 bridgehead atoms. The molecule has 0 unspecified atom stereocenters. The van der Waals surface area contributed by atoms with E-state index < -0.39 is 6.03 Å². The van der Waals surface area contributed by atoms with Crippen molar-refractivity contribution in [1.82, 2.24) is 15.5 Å². The van der Waals surface area contributed by atoms with E-state index >= 15 is 0 Å². The van der Waals surface area contributed by atoms with Gasteiger partial charge < -0.3 is 21.3 Å². The summed E-state index contributed by atoms with van der Waals surface area (Å²) in [7, 11) is 0. The lowest BCUT2D eigenvalue weighted by Crippen LogP contribution is -2.43. The number of carbonyl (C=O) groups excluding carboxylic acids is 2. The maximum atomic E-state index is 13.7. The topological polar surface area (TPSA) is 87.5 Å².